The smallest absolute Gasteiger partial charge is 0.393 e. The lowest BCUT2D eigenvalue weighted by atomic mass is 10.1. The number of carbonyl (C=O) groups excluding carboxylic acids is 1. The fourth-order valence-corrected chi connectivity index (χ4v) is 1.13. The Morgan fingerprint density at radius 1 is 1.44 bits per heavy atom. The van der Waals surface area contributed by atoms with Crippen LogP contribution in [0.1, 0.15) is 10.4 Å². The van der Waals surface area contributed by atoms with Gasteiger partial charge in [0.25, 0.3) is 11.6 Å². The van der Waals surface area contributed by atoms with E-state index < -0.39 is 29.2 Å². The highest BCUT2D eigenvalue weighted by atomic mass is 19.4. The standard InChI is InChI=1S/C9H8F3N3O3/c10-9(11,12)4-14-8(16)5-1-2-6(13)7(3-5)15(17)18/h1-3H,4,13H2,(H,14,16). The van der Waals surface area contributed by atoms with Crippen LogP contribution in [0.15, 0.2) is 18.2 Å². The molecule has 6 nitrogen and oxygen atoms in total. The number of nitro benzene ring substituents is 1. The Morgan fingerprint density at radius 2 is 2.06 bits per heavy atom. The second-order valence-electron chi connectivity index (χ2n) is 3.33. The molecule has 98 valence electrons. The van der Waals surface area contributed by atoms with E-state index in [2.05, 4.69) is 0 Å². The molecular weight excluding hydrogens is 255 g/mol. The monoisotopic (exact) mass is 263 g/mol. The summed E-state index contributed by atoms with van der Waals surface area (Å²) >= 11 is 0. The van der Waals surface area contributed by atoms with Crippen molar-refractivity contribution in [2.24, 2.45) is 0 Å². The average Bonchev–Trinajstić information content (AvgIpc) is 2.25. The van der Waals surface area contributed by atoms with Crippen molar-refractivity contribution in [1.29, 1.82) is 0 Å². The molecule has 3 N–H and O–H groups in total. The molecular formula is C9H8F3N3O3. The van der Waals surface area contributed by atoms with Crippen LogP contribution in [0.4, 0.5) is 24.5 Å². The minimum Gasteiger partial charge on any atom is -0.393 e. The number of benzene rings is 1. The second-order valence-corrected chi connectivity index (χ2v) is 3.33. The Hall–Kier alpha value is -2.32. The van der Waals surface area contributed by atoms with Crippen LogP contribution < -0.4 is 11.1 Å². The lowest BCUT2D eigenvalue weighted by Crippen LogP contribution is -2.33. The first-order chi connectivity index (χ1) is 8.20. The fraction of sp³-hybridized carbons (Fsp3) is 0.222. The molecule has 1 aromatic rings. The van der Waals surface area contributed by atoms with Gasteiger partial charge in [0, 0.05) is 11.6 Å². The molecule has 9 heteroatoms. The van der Waals surface area contributed by atoms with Crippen LogP contribution in [-0.2, 0) is 0 Å². The first-order valence-electron chi connectivity index (χ1n) is 4.59. The van der Waals surface area contributed by atoms with Gasteiger partial charge in [-0.25, -0.2) is 0 Å². The Morgan fingerprint density at radius 3 is 2.56 bits per heavy atom. The number of halogens is 3. The van der Waals surface area contributed by atoms with Crippen molar-refractivity contribution in [3.05, 3.63) is 33.9 Å². The summed E-state index contributed by atoms with van der Waals surface area (Å²) in [6, 6.07) is 3.01. The molecule has 0 saturated carbocycles. The van der Waals surface area contributed by atoms with E-state index in [0.29, 0.717) is 0 Å². The largest absolute Gasteiger partial charge is 0.405 e. The van der Waals surface area contributed by atoms with E-state index in [0.717, 1.165) is 18.2 Å². The number of hydrogen-bond acceptors (Lipinski definition) is 4. The van der Waals surface area contributed by atoms with Gasteiger partial charge in [-0.05, 0) is 12.1 Å². The molecule has 0 bridgehead atoms. The summed E-state index contributed by atoms with van der Waals surface area (Å²) in [7, 11) is 0. The van der Waals surface area contributed by atoms with Crippen LogP contribution in [0, 0.1) is 10.1 Å². The Balaban J connectivity index is 2.87. The molecule has 1 rings (SSSR count). The van der Waals surface area contributed by atoms with Gasteiger partial charge in [-0.15, -0.1) is 0 Å². The topological polar surface area (TPSA) is 98.3 Å². The third-order valence-electron chi connectivity index (χ3n) is 1.94. The van der Waals surface area contributed by atoms with Crippen LogP contribution in [0.3, 0.4) is 0 Å². The molecule has 0 unspecified atom stereocenters. The number of anilines is 1. The zero-order valence-corrected chi connectivity index (χ0v) is 8.82. The number of hydrogen-bond donors (Lipinski definition) is 2. The maximum absolute atomic E-state index is 11.9. The van der Waals surface area contributed by atoms with Crippen molar-refractivity contribution in [3.63, 3.8) is 0 Å². The molecule has 0 radical (unpaired) electrons. The van der Waals surface area contributed by atoms with Crippen molar-refractivity contribution in [2.45, 2.75) is 6.18 Å². The van der Waals surface area contributed by atoms with Gasteiger partial charge in [0.2, 0.25) is 0 Å². The van der Waals surface area contributed by atoms with Crippen LogP contribution >= 0.6 is 0 Å². The Labute approximate surface area is 98.7 Å². The van der Waals surface area contributed by atoms with E-state index in [1.165, 1.54) is 0 Å². The second kappa shape index (κ2) is 4.90. The summed E-state index contributed by atoms with van der Waals surface area (Å²) in [5.41, 5.74) is 4.31. The van der Waals surface area contributed by atoms with Gasteiger partial charge >= 0.3 is 6.18 Å². The predicted molar refractivity (Wildman–Crippen MR) is 55.9 cm³/mol. The van der Waals surface area contributed by atoms with Crippen LogP contribution in [0.25, 0.3) is 0 Å². The zero-order chi connectivity index (χ0) is 13.9. The summed E-state index contributed by atoms with van der Waals surface area (Å²) in [6.07, 6.45) is -4.55. The fourth-order valence-electron chi connectivity index (χ4n) is 1.13. The van der Waals surface area contributed by atoms with Gasteiger partial charge in [-0.1, -0.05) is 0 Å². The summed E-state index contributed by atoms with van der Waals surface area (Å²) in [5.74, 6) is -1.06. The zero-order valence-electron chi connectivity index (χ0n) is 8.82. The van der Waals surface area contributed by atoms with Gasteiger partial charge in [0.05, 0.1) is 4.92 Å². The van der Waals surface area contributed by atoms with E-state index in [-0.39, 0.29) is 11.3 Å². The maximum atomic E-state index is 11.9. The predicted octanol–water partition coefficient (Wildman–Crippen LogP) is 1.47. The lowest BCUT2D eigenvalue weighted by Gasteiger charge is -2.08. The van der Waals surface area contributed by atoms with Crippen LogP contribution in [-0.4, -0.2) is 23.6 Å². The van der Waals surface area contributed by atoms with E-state index >= 15 is 0 Å². The Bertz CT molecular complexity index is 488. The lowest BCUT2D eigenvalue weighted by molar-refractivity contribution is -0.383. The van der Waals surface area contributed by atoms with Crippen molar-refractivity contribution in [3.8, 4) is 0 Å². The molecule has 0 aliphatic heterocycles. The molecule has 0 aliphatic carbocycles. The molecule has 0 heterocycles. The number of nitrogens with one attached hydrogen (secondary N) is 1. The van der Waals surface area contributed by atoms with Crippen molar-refractivity contribution >= 4 is 17.3 Å². The number of rotatable bonds is 3. The van der Waals surface area contributed by atoms with Crippen molar-refractivity contribution < 1.29 is 22.9 Å². The van der Waals surface area contributed by atoms with E-state index in [9.17, 15) is 28.1 Å². The minimum atomic E-state index is -4.55. The number of nitrogens with two attached hydrogens (primary N) is 1. The van der Waals surface area contributed by atoms with E-state index in [1.807, 2.05) is 0 Å². The third kappa shape index (κ3) is 3.61. The van der Waals surface area contributed by atoms with E-state index in [4.69, 9.17) is 5.73 Å². The number of carbonyl (C=O) groups is 1. The molecule has 0 aliphatic rings. The van der Waals surface area contributed by atoms with Gasteiger partial charge in [-0.3, -0.25) is 14.9 Å². The summed E-state index contributed by atoms with van der Waals surface area (Å²) in [4.78, 5) is 21.0. The normalized spacial score (nSPS) is 11.1. The first-order valence-corrected chi connectivity index (χ1v) is 4.59. The van der Waals surface area contributed by atoms with E-state index in [1.54, 1.807) is 5.32 Å². The number of nitrogen functional groups attached to an aromatic ring is 1. The Kier molecular flexibility index (Phi) is 3.74. The number of alkyl halides is 3. The summed E-state index contributed by atoms with van der Waals surface area (Å²) < 4.78 is 35.6. The highest BCUT2D eigenvalue weighted by molar-refractivity contribution is 5.95. The van der Waals surface area contributed by atoms with Gasteiger partial charge in [0.15, 0.2) is 0 Å². The number of nitro groups is 1. The third-order valence-corrected chi connectivity index (χ3v) is 1.94. The van der Waals surface area contributed by atoms with Gasteiger partial charge < -0.3 is 11.1 Å². The quantitative estimate of drug-likeness (QED) is 0.490. The average molecular weight is 263 g/mol. The molecule has 1 amide bonds. The molecule has 0 aromatic heterocycles. The first kappa shape index (κ1) is 13.7. The summed E-state index contributed by atoms with van der Waals surface area (Å²) in [5, 5.41) is 12.1. The molecule has 0 spiro atoms. The SMILES string of the molecule is Nc1ccc(C(=O)NCC(F)(F)F)cc1[N+](=O)[O-]. The van der Waals surface area contributed by atoms with Gasteiger partial charge in [-0.2, -0.15) is 13.2 Å². The summed E-state index contributed by atoms with van der Waals surface area (Å²) in [6.45, 7) is -1.51. The highest BCUT2D eigenvalue weighted by Gasteiger charge is 2.28. The van der Waals surface area contributed by atoms with Gasteiger partial charge in [0.1, 0.15) is 12.2 Å². The molecule has 18 heavy (non-hydrogen) atoms. The van der Waals surface area contributed by atoms with Crippen LogP contribution in [0.5, 0.6) is 0 Å². The highest BCUT2D eigenvalue weighted by Crippen LogP contribution is 2.22. The van der Waals surface area contributed by atoms with Crippen molar-refractivity contribution in [2.75, 3.05) is 12.3 Å². The maximum Gasteiger partial charge on any atom is 0.405 e. The minimum absolute atomic E-state index is 0.174. The van der Waals surface area contributed by atoms with Crippen molar-refractivity contribution in [1.82, 2.24) is 5.32 Å². The molecule has 1 aromatic carbocycles. The number of amides is 1. The molecule has 0 atom stereocenters. The molecule has 0 fully saturated rings. The molecule has 0 saturated heterocycles. The number of nitrogens with zero attached hydrogens (tertiary/aromatic N) is 1. The van der Waals surface area contributed by atoms with Crippen LogP contribution in [0.2, 0.25) is 0 Å².